The molecule has 0 aliphatic carbocycles. The van der Waals surface area contributed by atoms with Crippen LogP contribution in [-0.4, -0.2) is 6.61 Å². The van der Waals surface area contributed by atoms with Crippen LogP contribution < -0.4 is 4.74 Å². The van der Waals surface area contributed by atoms with Gasteiger partial charge in [-0.15, -0.1) is 6.42 Å². The Kier molecular flexibility index (Phi) is 3.69. The van der Waals surface area contributed by atoms with Crippen LogP contribution >= 0.6 is 11.6 Å². The molecule has 2 heteroatoms. The van der Waals surface area contributed by atoms with Crippen LogP contribution in [0.4, 0.5) is 0 Å². The van der Waals surface area contributed by atoms with Crippen LogP contribution in [0.15, 0.2) is 42.5 Å². The number of rotatable bonds is 3. The summed E-state index contributed by atoms with van der Waals surface area (Å²) < 4.78 is 5.45. The summed E-state index contributed by atoms with van der Waals surface area (Å²) >= 11 is 5.86. The van der Waals surface area contributed by atoms with Crippen molar-refractivity contribution in [1.82, 2.24) is 0 Å². The minimum Gasteiger partial charge on any atom is -0.480 e. The van der Waals surface area contributed by atoms with Crippen molar-refractivity contribution in [2.24, 2.45) is 0 Å². The van der Waals surface area contributed by atoms with Crippen molar-refractivity contribution in [1.29, 1.82) is 0 Å². The Balaban J connectivity index is 2.37. The third kappa shape index (κ3) is 2.81. The third-order valence-electron chi connectivity index (χ3n) is 2.27. The second kappa shape index (κ2) is 5.43. The lowest BCUT2D eigenvalue weighted by atomic mass is 10.1. The zero-order valence-electron chi connectivity index (χ0n) is 9.11. The monoisotopic (exact) mass is 241 g/mol. The molecule has 1 radical (unpaired) electrons. The van der Waals surface area contributed by atoms with E-state index in [-0.39, 0.29) is 6.61 Å². The first-order chi connectivity index (χ1) is 8.31. The molecular weight excluding hydrogens is 232 g/mol. The van der Waals surface area contributed by atoms with E-state index < -0.39 is 0 Å². The van der Waals surface area contributed by atoms with Gasteiger partial charge in [-0.05, 0) is 17.7 Å². The minimum atomic E-state index is 0.237. The lowest BCUT2D eigenvalue weighted by Crippen LogP contribution is -1.95. The third-order valence-corrected chi connectivity index (χ3v) is 2.53. The summed E-state index contributed by atoms with van der Waals surface area (Å²) in [6, 6.07) is 16.3. The number of para-hydroxylation sites is 1. The lowest BCUT2D eigenvalue weighted by molar-refractivity contribution is 0.371. The Hall–Kier alpha value is -1.91. The quantitative estimate of drug-likeness (QED) is 0.743. The Morgan fingerprint density at radius 3 is 2.71 bits per heavy atom. The van der Waals surface area contributed by atoms with Crippen LogP contribution in [0.25, 0.3) is 11.1 Å². The first kappa shape index (κ1) is 11.6. The van der Waals surface area contributed by atoms with Gasteiger partial charge in [-0.2, -0.15) is 0 Å². The van der Waals surface area contributed by atoms with Gasteiger partial charge in [-0.3, -0.25) is 0 Å². The second-order valence-corrected chi connectivity index (χ2v) is 3.85. The zero-order valence-corrected chi connectivity index (χ0v) is 9.87. The van der Waals surface area contributed by atoms with E-state index >= 15 is 0 Å². The number of hydrogen-bond donors (Lipinski definition) is 0. The van der Waals surface area contributed by atoms with Crippen molar-refractivity contribution in [3.8, 4) is 29.2 Å². The van der Waals surface area contributed by atoms with Crippen LogP contribution in [0.5, 0.6) is 5.75 Å². The summed E-state index contributed by atoms with van der Waals surface area (Å²) in [4.78, 5) is 0. The first-order valence-corrected chi connectivity index (χ1v) is 5.52. The maximum atomic E-state index is 5.86. The van der Waals surface area contributed by atoms with Gasteiger partial charge in [0.25, 0.3) is 0 Å². The predicted molar refractivity (Wildman–Crippen MR) is 70.1 cm³/mol. The van der Waals surface area contributed by atoms with Crippen LogP contribution in [0.2, 0.25) is 5.02 Å². The highest BCUT2D eigenvalue weighted by Gasteiger charge is 2.05. The summed E-state index contributed by atoms with van der Waals surface area (Å²) in [5.74, 6) is 3.10. The van der Waals surface area contributed by atoms with Gasteiger partial charge in [0, 0.05) is 16.7 Å². The van der Waals surface area contributed by atoms with Crippen LogP contribution in [-0.2, 0) is 0 Å². The molecule has 0 heterocycles. The Morgan fingerprint density at radius 1 is 1.24 bits per heavy atom. The molecule has 2 rings (SSSR count). The number of ether oxygens (including phenoxy) is 1. The molecule has 17 heavy (non-hydrogen) atoms. The average molecular weight is 242 g/mol. The van der Waals surface area contributed by atoms with Crippen molar-refractivity contribution in [3.63, 3.8) is 0 Å². The molecule has 0 bridgehead atoms. The van der Waals surface area contributed by atoms with Gasteiger partial charge >= 0.3 is 0 Å². The molecule has 1 nitrogen and oxygen atoms in total. The van der Waals surface area contributed by atoms with E-state index in [9.17, 15) is 0 Å². The van der Waals surface area contributed by atoms with Crippen molar-refractivity contribution in [3.05, 3.63) is 53.6 Å². The highest BCUT2D eigenvalue weighted by molar-refractivity contribution is 6.30. The van der Waals surface area contributed by atoms with Gasteiger partial charge in [0.1, 0.15) is 12.4 Å². The molecule has 83 valence electrons. The van der Waals surface area contributed by atoms with E-state index in [4.69, 9.17) is 22.8 Å². The van der Waals surface area contributed by atoms with Gasteiger partial charge in [0.05, 0.1) is 0 Å². The number of halogens is 1. The summed E-state index contributed by atoms with van der Waals surface area (Å²) in [7, 11) is 0. The van der Waals surface area contributed by atoms with E-state index in [0.717, 1.165) is 11.1 Å². The molecule has 0 aliphatic heterocycles. The van der Waals surface area contributed by atoms with Crippen molar-refractivity contribution < 1.29 is 4.74 Å². The van der Waals surface area contributed by atoms with E-state index in [0.29, 0.717) is 10.8 Å². The van der Waals surface area contributed by atoms with Gasteiger partial charge in [0.15, 0.2) is 0 Å². The van der Waals surface area contributed by atoms with Crippen molar-refractivity contribution >= 4 is 11.6 Å². The van der Waals surface area contributed by atoms with E-state index in [2.05, 4.69) is 12.0 Å². The van der Waals surface area contributed by atoms with Gasteiger partial charge in [-0.25, -0.2) is 0 Å². The molecule has 0 aromatic heterocycles. The van der Waals surface area contributed by atoms with E-state index in [1.165, 1.54) is 0 Å². The predicted octanol–water partition coefficient (Wildman–Crippen LogP) is 3.82. The Labute approximate surface area is 106 Å². The first-order valence-electron chi connectivity index (χ1n) is 5.14. The smallest absolute Gasteiger partial charge is 0.148 e. The molecule has 0 atom stereocenters. The maximum Gasteiger partial charge on any atom is 0.148 e. The molecule has 2 aromatic carbocycles. The van der Waals surface area contributed by atoms with Gasteiger partial charge in [-0.1, -0.05) is 47.9 Å². The largest absolute Gasteiger partial charge is 0.480 e. The highest BCUT2D eigenvalue weighted by Crippen LogP contribution is 2.29. The normalized spacial score (nSPS) is 9.65. The topological polar surface area (TPSA) is 9.23 Å². The summed E-state index contributed by atoms with van der Waals surface area (Å²) in [6.45, 7) is 0.237. The van der Waals surface area contributed by atoms with E-state index in [1.54, 1.807) is 6.07 Å². The molecule has 0 saturated heterocycles. The standard InChI is InChI=1S/C15H10ClO/c1-2-11-17-15-6-4-3-5-14(15)12-7-9-13(16)10-8-12/h1,3-5,7-10H,11H2. The van der Waals surface area contributed by atoms with E-state index in [1.807, 2.05) is 36.4 Å². The SMILES string of the molecule is C#CCOc1[c]cccc1-c1ccc(Cl)cc1. The van der Waals surface area contributed by atoms with Crippen molar-refractivity contribution in [2.45, 2.75) is 0 Å². The molecule has 0 fully saturated rings. The average Bonchev–Trinajstić information content (AvgIpc) is 2.38. The molecule has 0 unspecified atom stereocenters. The Morgan fingerprint density at radius 2 is 2.00 bits per heavy atom. The van der Waals surface area contributed by atoms with Gasteiger partial charge < -0.3 is 4.74 Å². The Bertz CT molecular complexity index is 538. The number of hydrogen-bond acceptors (Lipinski definition) is 1. The molecule has 2 aromatic rings. The molecule has 0 amide bonds. The summed E-state index contributed by atoms with van der Waals surface area (Å²) in [5, 5.41) is 0.708. The number of terminal acetylenes is 1. The zero-order chi connectivity index (χ0) is 12.1. The maximum absolute atomic E-state index is 5.86. The van der Waals surface area contributed by atoms with Crippen LogP contribution in [0, 0.1) is 18.4 Å². The molecule has 0 N–H and O–H groups in total. The molecule has 0 aliphatic rings. The fraction of sp³-hybridized carbons (Fsp3) is 0.0667. The summed E-state index contributed by atoms with van der Waals surface area (Å²) in [6.07, 6.45) is 5.18. The highest BCUT2D eigenvalue weighted by atomic mass is 35.5. The van der Waals surface area contributed by atoms with Crippen LogP contribution in [0.1, 0.15) is 0 Å². The lowest BCUT2D eigenvalue weighted by Gasteiger charge is -2.09. The fourth-order valence-electron chi connectivity index (χ4n) is 1.51. The van der Waals surface area contributed by atoms with Gasteiger partial charge in [0.2, 0.25) is 0 Å². The van der Waals surface area contributed by atoms with Crippen molar-refractivity contribution in [2.75, 3.05) is 6.61 Å². The molecule has 0 spiro atoms. The fourth-order valence-corrected chi connectivity index (χ4v) is 1.64. The minimum absolute atomic E-state index is 0.237. The second-order valence-electron chi connectivity index (χ2n) is 3.41. The number of benzene rings is 2. The van der Waals surface area contributed by atoms with Crippen LogP contribution in [0.3, 0.4) is 0 Å². The summed E-state index contributed by atoms with van der Waals surface area (Å²) in [5.41, 5.74) is 1.98. The molecule has 0 saturated carbocycles. The molecular formula is C15H10ClO.